The molecule has 6 nitrogen and oxygen atoms in total. The third-order valence-electron chi connectivity index (χ3n) is 4.13. The predicted octanol–water partition coefficient (Wildman–Crippen LogP) is 0.796. The maximum Gasteiger partial charge on any atom is 0.326 e. The second kappa shape index (κ2) is 6.23. The minimum atomic E-state index is -1.05. The number of urea groups is 1. The smallest absolute Gasteiger partial charge is 0.326 e. The molecule has 0 aromatic rings. The number of likely N-dealkylation sites (tertiary alicyclic amines) is 1. The van der Waals surface area contributed by atoms with Crippen LogP contribution in [0.2, 0.25) is 0 Å². The van der Waals surface area contributed by atoms with Crippen molar-refractivity contribution in [3.05, 3.63) is 0 Å². The third-order valence-corrected chi connectivity index (χ3v) is 4.13. The number of rotatable bonds is 4. The van der Waals surface area contributed by atoms with Crippen LogP contribution in [0.25, 0.3) is 0 Å². The van der Waals surface area contributed by atoms with Crippen molar-refractivity contribution in [1.29, 1.82) is 0 Å². The van der Waals surface area contributed by atoms with E-state index in [4.69, 9.17) is 5.11 Å². The molecule has 2 unspecified atom stereocenters. The van der Waals surface area contributed by atoms with Gasteiger partial charge in [-0.1, -0.05) is 25.7 Å². The Balaban J connectivity index is 1.76. The number of aliphatic carboxylic acids is 1. The second-order valence-corrected chi connectivity index (χ2v) is 5.57. The Labute approximate surface area is 112 Å². The Morgan fingerprint density at radius 1 is 1.26 bits per heavy atom. The van der Waals surface area contributed by atoms with E-state index in [1.807, 2.05) is 0 Å². The summed E-state index contributed by atoms with van der Waals surface area (Å²) in [4.78, 5) is 24.2. The van der Waals surface area contributed by atoms with E-state index in [2.05, 4.69) is 5.32 Å². The minimum Gasteiger partial charge on any atom is -0.480 e. The zero-order chi connectivity index (χ0) is 13.8. The summed E-state index contributed by atoms with van der Waals surface area (Å²) in [6, 6.07) is -1.27. The van der Waals surface area contributed by atoms with Crippen molar-refractivity contribution < 1.29 is 19.8 Å². The minimum absolute atomic E-state index is 0.103. The summed E-state index contributed by atoms with van der Waals surface area (Å²) < 4.78 is 0. The molecule has 2 amide bonds. The van der Waals surface area contributed by atoms with Gasteiger partial charge in [0.25, 0.3) is 0 Å². The number of carbonyl (C=O) groups excluding carboxylic acids is 1. The van der Waals surface area contributed by atoms with Gasteiger partial charge in [0.2, 0.25) is 0 Å². The summed E-state index contributed by atoms with van der Waals surface area (Å²) >= 11 is 0. The number of hydrogen-bond donors (Lipinski definition) is 3. The monoisotopic (exact) mass is 270 g/mol. The number of nitrogens with one attached hydrogen (secondary N) is 1. The largest absolute Gasteiger partial charge is 0.480 e. The number of nitrogens with zero attached hydrogens (tertiary/aromatic N) is 1. The fourth-order valence-electron chi connectivity index (χ4n) is 3.06. The van der Waals surface area contributed by atoms with Crippen molar-refractivity contribution in [1.82, 2.24) is 10.2 Å². The van der Waals surface area contributed by atoms with Gasteiger partial charge in [-0.2, -0.15) is 0 Å². The topological polar surface area (TPSA) is 89.9 Å². The van der Waals surface area contributed by atoms with Crippen LogP contribution in [0.1, 0.15) is 38.5 Å². The van der Waals surface area contributed by atoms with Crippen molar-refractivity contribution in [2.45, 2.75) is 50.7 Å². The summed E-state index contributed by atoms with van der Waals surface area (Å²) in [5, 5.41) is 21.3. The highest BCUT2D eigenvalue weighted by atomic mass is 16.4. The van der Waals surface area contributed by atoms with Gasteiger partial charge in [0.05, 0.1) is 6.10 Å². The number of carboxylic acid groups (broad SMARTS) is 1. The van der Waals surface area contributed by atoms with Crippen LogP contribution in [0.5, 0.6) is 0 Å². The molecule has 3 N–H and O–H groups in total. The average molecular weight is 270 g/mol. The lowest BCUT2D eigenvalue weighted by molar-refractivity contribution is -0.141. The maximum atomic E-state index is 11.9. The van der Waals surface area contributed by atoms with Crippen LogP contribution >= 0.6 is 0 Å². The van der Waals surface area contributed by atoms with Crippen LogP contribution < -0.4 is 5.32 Å². The lowest BCUT2D eigenvalue weighted by atomic mass is 10.0. The molecule has 1 saturated heterocycles. The van der Waals surface area contributed by atoms with E-state index in [0.29, 0.717) is 12.5 Å². The second-order valence-electron chi connectivity index (χ2n) is 5.57. The standard InChI is InChI=1S/C13H22N2O4/c16-10-7-11(12(17)18)15(8-10)13(19)14-6-5-9-3-1-2-4-9/h9-11,16H,1-8H2,(H,14,19)(H,17,18). The van der Waals surface area contributed by atoms with Crippen LogP contribution in [-0.4, -0.2) is 52.3 Å². The zero-order valence-electron chi connectivity index (χ0n) is 11.0. The Morgan fingerprint density at radius 2 is 1.95 bits per heavy atom. The lowest BCUT2D eigenvalue weighted by Crippen LogP contribution is -2.46. The summed E-state index contributed by atoms with van der Waals surface area (Å²) in [6.45, 7) is 0.689. The molecule has 0 spiro atoms. The quantitative estimate of drug-likeness (QED) is 0.704. The normalized spacial score (nSPS) is 27.7. The molecule has 1 heterocycles. The molecule has 2 atom stereocenters. The highest BCUT2D eigenvalue weighted by Crippen LogP contribution is 2.27. The summed E-state index contributed by atoms with van der Waals surface area (Å²) in [6.07, 6.45) is 5.36. The third kappa shape index (κ3) is 3.59. The predicted molar refractivity (Wildman–Crippen MR) is 68.7 cm³/mol. The number of aliphatic hydroxyl groups is 1. The van der Waals surface area contributed by atoms with Gasteiger partial charge in [-0.25, -0.2) is 9.59 Å². The first-order chi connectivity index (χ1) is 9.08. The summed E-state index contributed by atoms with van der Waals surface area (Å²) in [5.41, 5.74) is 0. The highest BCUT2D eigenvalue weighted by molar-refractivity contribution is 5.83. The van der Waals surface area contributed by atoms with Gasteiger partial charge in [0, 0.05) is 19.5 Å². The molecule has 1 aliphatic carbocycles. The van der Waals surface area contributed by atoms with Crippen LogP contribution in [0.15, 0.2) is 0 Å². The van der Waals surface area contributed by atoms with E-state index in [-0.39, 0.29) is 19.0 Å². The molecule has 0 aromatic carbocycles. The van der Waals surface area contributed by atoms with E-state index in [9.17, 15) is 14.7 Å². The van der Waals surface area contributed by atoms with Gasteiger partial charge in [-0.15, -0.1) is 0 Å². The average Bonchev–Trinajstić information content (AvgIpc) is 2.98. The molecular formula is C13H22N2O4. The molecular weight excluding hydrogens is 248 g/mol. The highest BCUT2D eigenvalue weighted by Gasteiger charge is 2.38. The van der Waals surface area contributed by atoms with Crippen molar-refractivity contribution in [3.63, 3.8) is 0 Å². The number of amides is 2. The molecule has 2 fully saturated rings. The van der Waals surface area contributed by atoms with Crippen LogP contribution in [0.4, 0.5) is 4.79 Å². The lowest BCUT2D eigenvalue weighted by Gasteiger charge is -2.22. The number of β-amino-alcohol motifs (C(OH)–C–C–N with tert-alkyl or cyclic N) is 1. The van der Waals surface area contributed by atoms with E-state index < -0.39 is 18.1 Å². The van der Waals surface area contributed by atoms with Crippen molar-refractivity contribution in [2.24, 2.45) is 5.92 Å². The summed E-state index contributed by atoms with van der Waals surface area (Å²) in [7, 11) is 0. The Bertz CT molecular complexity index is 342. The van der Waals surface area contributed by atoms with Gasteiger partial charge in [0.1, 0.15) is 6.04 Å². The Hall–Kier alpha value is -1.30. The van der Waals surface area contributed by atoms with E-state index in [1.165, 1.54) is 30.6 Å². The van der Waals surface area contributed by atoms with Crippen molar-refractivity contribution in [3.8, 4) is 0 Å². The molecule has 0 bridgehead atoms. The number of carbonyl (C=O) groups is 2. The van der Waals surface area contributed by atoms with Gasteiger partial charge >= 0.3 is 12.0 Å². The fraction of sp³-hybridized carbons (Fsp3) is 0.846. The molecule has 1 aliphatic heterocycles. The van der Waals surface area contributed by atoms with Crippen LogP contribution in [0.3, 0.4) is 0 Å². The SMILES string of the molecule is O=C(O)C1CC(O)CN1C(=O)NCCC1CCCC1. The maximum absolute atomic E-state index is 11.9. The molecule has 2 aliphatic rings. The Kier molecular flexibility index (Phi) is 4.63. The number of hydrogen-bond acceptors (Lipinski definition) is 3. The first-order valence-corrected chi connectivity index (χ1v) is 7.03. The van der Waals surface area contributed by atoms with E-state index >= 15 is 0 Å². The van der Waals surface area contributed by atoms with Gasteiger partial charge < -0.3 is 20.4 Å². The zero-order valence-corrected chi connectivity index (χ0v) is 11.0. The first kappa shape index (κ1) is 14.1. The molecule has 108 valence electrons. The summed E-state index contributed by atoms with van der Waals surface area (Å²) in [5.74, 6) is -0.359. The van der Waals surface area contributed by atoms with Crippen molar-refractivity contribution in [2.75, 3.05) is 13.1 Å². The molecule has 0 radical (unpaired) electrons. The van der Waals surface area contributed by atoms with Crippen LogP contribution in [-0.2, 0) is 4.79 Å². The number of aliphatic hydroxyl groups excluding tert-OH is 1. The fourth-order valence-corrected chi connectivity index (χ4v) is 3.06. The molecule has 6 heteroatoms. The van der Waals surface area contributed by atoms with Gasteiger partial charge in [-0.05, 0) is 12.3 Å². The van der Waals surface area contributed by atoms with E-state index in [1.54, 1.807) is 0 Å². The molecule has 19 heavy (non-hydrogen) atoms. The Morgan fingerprint density at radius 3 is 2.58 bits per heavy atom. The number of carboxylic acids is 1. The molecule has 1 saturated carbocycles. The molecule has 0 aromatic heterocycles. The van der Waals surface area contributed by atoms with Crippen molar-refractivity contribution >= 4 is 12.0 Å². The van der Waals surface area contributed by atoms with Gasteiger partial charge in [-0.3, -0.25) is 0 Å². The first-order valence-electron chi connectivity index (χ1n) is 7.03. The molecule has 2 rings (SSSR count). The van der Waals surface area contributed by atoms with Gasteiger partial charge in [0.15, 0.2) is 0 Å². The van der Waals surface area contributed by atoms with Crippen LogP contribution in [0, 0.1) is 5.92 Å². The van der Waals surface area contributed by atoms with E-state index in [0.717, 1.165) is 6.42 Å².